The van der Waals surface area contributed by atoms with Crippen LogP contribution in [0.1, 0.15) is 22.5 Å². The van der Waals surface area contributed by atoms with Gasteiger partial charge in [0.25, 0.3) is 6.43 Å². The molecule has 0 saturated carbocycles. The first-order valence-corrected chi connectivity index (χ1v) is 3.58. The van der Waals surface area contributed by atoms with E-state index in [1.165, 1.54) is 7.11 Å². The summed E-state index contributed by atoms with van der Waals surface area (Å²) in [4.78, 5) is 13.5. The minimum Gasteiger partial charge on any atom is -0.481 e. The maximum absolute atomic E-state index is 13.0. The van der Waals surface area contributed by atoms with Crippen LogP contribution >= 0.6 is 0 Å². The molecular weight excluding hydrogens is 199 g/mol. The number of aldehydes is 1. The molecule has 0 atom stereocenters. The van der Waals surface area contributed by atoms with Crippen molar-refractivity contribution in [1.82, 2.24) is 4.98 Å². The van der Waals surface area contributed by atoms with Crippen molar-refractivity contribution in [3.05, 3.63) is 23.1 Å². The van der Waals surface area contributed by atoms with Crippen LogP contribution in [0.2, 0.25) is 0 Å². The molecule has 0 fully saturated rings. The fourth-order valence-electron chi connectivity index (χ4n) is 0.879. The van der Waals surface area contributed by atoms with Gasteiger partial charge in [0.1, 0.15) is 5.69 Å². The maximum atomic E-state index is 13.0. The molecule has 6 heteroatoms. The number of halogens is 3. The van der Waals surface area contributed by atoms with E-state index in [1.54, 1.807) is 0 Å². The number of aromatic nitrogens is 1. The van der Waals surface area contributed by atoms with Crippen LogP contribution in [0.3, 0.4) is 0 Å². The Morgan fingerprint density at radius 3 is 2.64 bits per heavy atom. The standard InChI is InChI=1S/C8H6F3NO2/c1-14-5-2-4(3-13)6(9)7(12-5)8(10)11/h2-3,8H,1H3. The number of carbonyl (C=O) groups is 1. The van der Waals surface area contributed by atoms with Gasteiger partial charge in [-0.15, -0.1) is 0 Å². The maximum Gasteiger partial charge on any atom is 0.283 e. The largest absolute Gasteiger partial charge is 0.481 e. The molecule has 1 aromatic rings. The molecule has 0 aliphatic carbocycles. The van der Waals surface area contributed by atoms with Crippen molar-refractivity contribution < 1.29 is 22.7 Å². The van der Waals surface area contributed by atoms with Gasteiger partial charge < -0.3 is 4.74 Å². The van der Waals surface area contributed by atoms with Crippen molar-refractivity contribution in [2.24, 2.45) is 0 Å². The molecular formula is C8H6F3NO2. The summed E-state index contributed by atoms with van der Waals surface area (Å²) < 4.78 is 41.9. The van der Waals surface area contributed by atoms with Gasteiger partial charge in [-0.2, -0.15) is 0 Å². The first kappa shape index (κ1) is 10.5. The highest BCUT2D eigenvalue weighted by atomic mass is 19.3. The molecule has 1 aromatic heterocycles. The lowest BCUT2D eigenvalue weighted by Crippen LogP contribution is -2.02. The minimum atomic E-state index is -3.08. The molecule has 0 aromatic carbocycles. The van der Waals surface area contributed by atoms with Crippen molar-refractivity contribution in [3.8, 4) is 5.88 Å². The summed E-state index contributed by atoms with van der Waals surface area (Å²) in [6.45, 7) is 0. The van der Waals surface area contributed by atoms with E-state index in [4.69, 9.17) is 0 Å². The average Bonchev–Trinajstić information content (AvgIpc) is 2.17. The number of hydrogen-bond donors (Lipinski definition) is 0. The zero-order valence-corrected chi connectivity index (χ0v) is 7.13. The molecule has 0 saturated heterocycles. The highest BCUT2D eigenvalue weighted by Crippen LogP contribution is 2.24. The van der Waals surface area contributed by atoms with Crippen LogP contribution in [0.5, 0.6) is 5.88 Å². The summed E-state index contributed by atoms with van der Waals surface area (Å²) in [6.07, 6.45) is -2.95. The first-order valence-electron chi connectivity index (χ1n) is 3.58. The van der Waals surface area contributed by atoms with Gasteiger partial charge in [-0.1, -0.05) is 0 Å². The smallest absolute Gasteiger partial charge is 0.283 e. The molecule has 0 aliphatic rings. The van der Waals surface area contributed by atoms with E-state index in [9.17, 15) is 18.0 Å². The predicted octanol–water partition coefficient (Wildman–Crippen LogP) is 1.98. The number of methoxy groups -OCH3 is 1. The lowest BCUT2D eigenvalue weighted by atomic mass is 10.2. The molecule has 0 radical (unpaired) electrons. The summed E-state index contributed by atoms with van der Waals surface area (Å²) in [5, 5.41) is 0. The third-order valence-electron chi connectivity index (χ3n) is 1.53. The molecule has 14 heavy (non-hydrogen) atoms. The van der Waals surface area contributed by atoms with Crippen LogP contribution in [0.15, 0.2) is 6.07 Å². The van der Waals surface area contributed by atoms with Crippen LogP contribution in [0.4, 0.5) is 13.2 Å². The predicted molar refractivity (Wildman–Crippen MR) is 41.1 cm³/mol. The molecule has 0 amide bonds. The fraction of sp³-hybridized carbons (Fsp3) is 0.250. The molecule has 76 valence electrons. The van der Waals surface area contributed by atoms with Crippen LogP contribution in [0.25, 0.3) is 0 Å². The summed E-state index contributed by atoms with van der Waals surface area (Å²) >= 11 is 0. The van der Waals surface area contributed by atoms with E-state index < -0.39 is 23.5 Å². The molecule has 0 N–H and O–H groups in total. The van der Waals surface area contributed by atoms with Crippen LogP contribution in [-0.2, 0) is 0 Å². The van der Waals surface area contributed by atoms with Gasteiger partial charge in [-0.25, -0.2) is 18.2 Å². The fourth-order valence-corrected chi connectivity index (χ4v) is 0.879. The van der Waals surface area contributed by atoms with Crippen molar-refractivity contribution in [2.75, 3.05) is 7.11 Å². The Kier molecular flexibility index (Phi) is 3.06. The van der Waals surface area contributed by atoms with Crippen molar-refractivity contribution in [3.63, 3.8) is 0 Å². The van der Waals surface area contributed by atoms with Gasteiger partial charge in [-0.05, 0) is 0 Å². The Balaban J connectivity index is 3.34. The molecule has 3 nitrogen and oxygen atoms in total. The first-order chi connectivity index (χ1) is 6.60. The van der Waals surface area contributed by atoms with Gasteiger partial charge in [0.05, 0.1) is 12.7 Å². The quantitative estimate of drug-likeness (QED) is 0.708. The van der Waals surface area contributed by atoms with Crippen molar-refractivity contribution >= 4 is 6.29 Å². The number of nitrogens with zero attached hydrogens (tertiary/aromatic N) is 1. The van der Waals surface area contributed by atoms with Crippen LogP contribution in [-0.4, -0.2) is 18.4 Å². The summed E-state index contributed by atoms with van der Waals surface area (Å²) in [6, 6.07) is 0.953. The number of ether oxygens (including phenoxy) is 1. The molecule has 0 aliphatic heterocycles. The van der Waals surface area contributed by atoms with Gasteiger partial charge in [0.2, 0.25) is 5.88 Å². The molecule has 0 bridgehead atoms. The molecule has 1 heterocycles. The molecule has 0 unspecified atom stereocenters. The molecule has 0 spiro atoms. The van der Waals surface area contributed by atoms with Crippen molar-refractivity contribution in [1.29, 1.82) is 0 Å². The monoisotopic (exact) mass is 205 g/mol. The van der Waals surface area contributed by atoms with Gasteiger partial charge in [0, 0.05) is 6.07 Å². The zero-order valence-electron chi connectivity index (χ0n) is 7.13. The third-order valence-corrected chi connectivity index (χ3v) is 1.53. The highest BCUT2D eigenvalue weighted by molar-refractivity contribution is 5.76. The van der Waals surface area contributed by atoms with E-state index in [1.807, 2.05) is 0 Å². The number of rotatable bonds is 3. The number of hydrogen-bond acceptors (Lipinski definition) is 3. The van der Waals surface area contributed by atoms with Gasteiger partial charge in [0.15, 0.2) is 12.1 Å². The van der Waals surface area contributed by atoms with E-state index in [2.05, 4.69) is 9.72 Å². The minimum absolute atomic E-state index is 0.130. The normalized spacial score (nSPS) is 10.4. The number of alkyl halides is 2. The lowest BCUT2D eigenvalue weighted by molar-refractivity contribution is 0.111. The number of carbonyl (C=O) groups excluding carboxylic acids is 1. The SMILES string of the molecule is COc1cc(C=O)c(F)c(C(F)F)n1. The second kappa shape index (κ2) is 4.08. The second-order valence-corrected chi connectivity index (χ2v) is 2.37. The zero-order chi connectivity index (χ0) is 10.7. The highest BCUT2D eigenvalue weighted by Gasteiger charge is 2.20. The Morgan fingerprint density at radius 1 is 1.57 bits per heavy atom. The second-order valence-electron chi connectivity index (χ2n) is 2.37. The Bertz CT molecular complexity index is 355. The summed E-state index contributed by atoms with van der Waals surface area (Å²) in [5.41, 5.74) is -1.57. The lowest BCUT2D eigenvalue weighted by Gasteiger charge is -2.05. The summed E-state index contributed by atoms with van der Waals surface area (Å²) in [5.74, 6) is -1.53. The number of pyridine rings is 1. The van der Waals surface area contributed by atoms with Gasteiger partial charge >= 0.3 is 0 Å². The Hall–Kier alpha value is -1.59. The third kappa shape index (κ3) is 1.84. The van der Waals surface area contributed by atoms with E-state index >= 15 is 0 Å². The average molecular weight is 205 g/mol. The Morgan fingerprint density at radius 2 is 2.21 bits per heavy atom. The topological polar surface area (TPSA) is 39.2 Å². The van der Waals surface area contributed by atoms with Crippen LogP contribution in [0, 0.1) is 5.82 Å². The molecule has 1 rings (SSSR count). The summed E-state index contributed by atoms with van der Waals surface area (Å²) in [7, 11) is 1.18. The van der Waals surface area contributed by atoms with E-state index in [-0.39, 0.29) is 12.2 Å². The van der Waals surface area contributed by atoms with Crippen LogP contribution < -0.4 is 4.74 Å². The van der Waals surface area contributed by atoms with Gasteiger partial charge in [-0.3, -0.25) is 4.79 Å². The Labute approximate surface area is 77.5 Å². The van der Waals surface area contributed by atoms with E-state index in [0.29, 0.717) is 0 Å². The van der Waals surface area contributed by atoms with E-state index in [0.717, 1.165) is 6.07 Å². The van der Waals surface area contributed by atoms with Crippen molar-refractivity contribution in [2.45, 2.75) is 6.43 Å².